The molecular formula is C13H12N2O3S. The van der Waals surface area contributed by atoms with Gasteiger partial charge in [-0.25, -0.2) is 4.98 Å². The number of nitrogens with zero attached hydrogens (tertiary/aromatic N) is 2. The van der Waals surface area contributed by atoms with E-state index in [9.17, 15) is 10.1 Å². The van der Waals surface area contributed by atoms with E-state index >= 15 is 0 Å². The number of hydrogen-bond donors (Lipinski definition) is 1. The SMILES string of the molecule is O=[N+]([O-])c1cccnc1SCc1ccc(CO)cc1. The second-order valence-corrected chi connectivity index (χ2v) is 4.81. The van der Waals surface area contributed by atoms with Crippen molar-refractivity contribution < 1.29 is 10.0 Å². The molecule has 0 fully saturated rings. The molecule has 0 radical (unpaired) electrons. The summed E-state index contributed by atoms with van der Waals surface area (Å²) in [7, 11) is 0. The largest absolute Gasteiger partial charge is 0.392 e. The van der Waals surface area contributed by atoms with Gasteiger partial charge in [-0.1, -0.05) is 36.0 Å². The van der Waals surface area contributed by atoms with E-state index in [2.05, 4.69) is 4.98 Å². The number of thioether (sulfide) groups is 1. The van der Waals surface area contributed by atoms with Crippen LogP contribution in [0.5, 0.6) is 0 Å². The molecule has 5 nitrogen and oxygen atoms in total. The Hall–Kier alpha value is -1.92. The van der Waals surface area contributed by atoms with Crippen molar-refractivity contribution in [2.24, 2.45) is 0 Å². The maximum absolute atomic E-state index is 10.8. The monoisotopic (exact) mass is 276 g/mol. The Morgan fingerprint density at radius 3 is 2.53 bits per heavy atom. The van der Waals surface area contributed by atoms with Gasteiger partial charge in [0.15, 0.2) is 5.03 Å². The van der Waals surface area contributed by atoms with Gasteiger partial charge in [-0.3, -0.25) is 10.1 Å². The summed E-state index contributed by atoms with van der Waals surface area (Å²) in [4.78, 5) is 14.4. The summed E-state index contributed by atoms with van der Waals surface area (Å²) >= 11 is 1.33. The van der Waals surface area contributed by atoms with E-state index in [0.717, 1.165) is 11.1 Å². The third-order valence-electron chi connectivity index (χ3n) is 2.53. The van der Waals surface area contributed by atoms with Crippen molar-refractivity contribution in [1.29, 1.82) is 0 Å². The smallest absolute Gasteiger partial charge is 0.301 e. The first-order valence-electron chi connectivity index (χ1n) is 5.61. The number of pyridine rings is 1. The van der Waals surface area contributed by atoms with Crippen LogP contribution in [0.25, 0.3) is 0 Å². The lowest BCUT2D eigenvalue weighted by molar-refractivity contribution is -0.388. The van der Waals surface area contributed by atoms with Crippen LogP contribution in [0.1, 0.15) is 11.1 Å². The number of rotatable bonds is 5. The summed E-state index contributed by atoms with van der Waals surface area (Å²) in [6.07, 6.45) is 1.55. The van der Waals surface area contributed by atoms with Crippen LogP contribution in [0.3, 0.4) is 0 Å². The molecule has 1 heterocycles. The van der Waals surface area contributed by atoms with E-state index in [4.69, 9.17) is 5.11 Å². The average molecular weight is 276 g/mol. The molecule has 0 amide bonds. The van der Waals surface area contributed by atoms with Crippen molar-refractivity contribution in [3.05, 3.63) is 63.8 Å². The highest BCUT2D eigenvalue weighted by molar-refractivity contribution is 7.98. The predicted molar refractivity (Wildman–Crippen MR) is 72.8 cm³/mol. The fourth-order valence-electron chi connectivity index (χ4n) is 1.53. The van der Waals surface area contributed by atoms with Crippen LogP contribution in [0.15, 0.2) is 47.6 Å². The first-order valence-corrected chi connectivity index (χ1v) is 6.60. The molecule has 19 heavy (non-hydrogen) atoms. The van der Waals surface area contributed by atoms with Crippen molar-refractivity contribution in [3.63, 3.8) is 0 Å². The molecule has 0 saturated carbocycles. The average Bonchev–Trinajstić information content (AvgIpc) is 2.46. The molecule has 2 aromatic rings. The Kier molecular flexibility index (Phi) is 4.48. The summed E-state index contributed by atoms with van der Waals surface area (Å²) in [5, 5.41) is 20.2. The lowest BCUT2D eigenvalue weighted by atomic mass is 10.2. The predicted octanol–water partition coefficient (Wildman–Crippen LogP) is 2.77. The Balaban J connectivity index is 2.07. The molecule has 2 rings (SSSR count). The number of nitro groups is 1. The first kappa shape index (κ1) is 13.5. The molecular weight excluding hydrogens is 264 g/mol. The molecule has 0 unspecified atom stereocenters. The molecule has 0 bridgehead atoms. The summed E-state index contributed by atoms with van der Waals surface area (Å²) in [5.41, 5.74) is 1.90. The topological polar surface area (TPSA) is 76.3 Å². The minimum Gasteiger partial charge on any atom is -0.392 e. The van der Waals surface area contributed by atoms with Crippen LogP contribution in [0.2, 0.25) is 0 Å². The van der Waals surface area contributed by atoms with Crippen LogP contribution in [-0.4, -0.2) is 15.0 Å². The van der Waals surface area contributed by atoms with E-state index in [1.807, 2.05) is 24.3 Å². The zero-order valence-electron chi connectivity index (χ0n) is 10.0. The molecule has 0 spiro atoms. The highest BCUT2D eigenvalue weighted by Crippen LogP contribution is 2.28. The van der Waals surface area contributed by atoms with Gasteiger partial charge >= 0.3 is 5.69 Å². The fraction of sp³-hybridized carbons (Fsp3) is 0.154. The van der Waals surface area contributed by atoms with Gasteiger partial charge in [-0.15, -0.1) is 0 Å². The molecule has 6 heteroatoms. The first-order chi connectivity index (χ1) is 9.20. The summed E-state index contributed by atoms with van der Waals surface area (Å²) in [5.74, 6) is 0.601. The summed E-state index contributed by atoms with van der Waals surface area (Å²) in [6.45, 7) is 0.0130. The number of aliphatic hydroxyl groups is 1. The second-order valence-electron chi connectivity index (χ2n) is 3.85. The molecule has 1 aromatic heterocycles. The van der Waals surface area contributed by atoms with Gasteiger partial charge in [-0.05, 0) is 17.2 Å². The quantitative estimate of drug-likeness (QED) is 0.516. The maximum atomic E-state index is 10.8. The number of benzene rings is 1. The van der Waals surface area contributed by atoms with Crippen molar-refractivity contribution in [2.75, 3.05) is 0 Å². The van der Waals surface area contributed by atoms with E-state index in [1.54, 1.807) is 12.3 Å². The zero-order valence-corrected chi connectivity index (χ0v) is 10.8. The minimum atomic E-state index is -0.426. The van der Waals surface area contributed by atoms with Gasteiger partial charge in [0, 0.05) is 18.0 Å². The van der Waals surface area contributed by atoms with Crippen molar-refractivity contribution in [2.45, 2.75) is 17.4 Å². The Morgan fingerprint density at radius 1 is 1.21 bits per heavy atom. The Bertz CT molecular complexity index is 572. The number of aliphatic hydroxyl groups excluding tert-OH is 1. The van der Waals surface area contributed by atoms with E-state index < -0.39 is 4.92 Å². The lowest BCUT2D eigenvalue weighted by Crippen LogP contribution is -1.93. The molecule has 98 valence electrons. The van der Waals surface area contributed by atoms with E-state index in [1.165, 1.54) is 17.8 Å². The van der Waals surface area contributed by atoms with E-state index in [0.29, 0.717) is 10.8 Å². The summed E-state index contributed by atoms with van der Waals surface area (Å²) < 4.78 is 0. The maximum Gasteiger partial charge on any atom is 0.301 e. The van der Waals surface area contributed by atoms with Gasteiger partial charge in [0.2, 0.25) is 0 Å². The van der Waals surface area contributed by atoms with Crippen molar-refractivity contribution in [1.82, 2.24) is 4.98 Å². The highest BCUT2D eigenvalue weighted by atomic mass is 32.2. The molecule has 0 saturated heterocycles. The third kappa shape index (κ3) is 3.52. The lowest BCUT2D eigenvalue weighted by Gasteiger charge is -2.03. The normalized spacial score (nSPS) is 10.4. The number of aromatic nitrogens is 1. The summed E-state index contributed by atoms with van der Waals surface area (Å²) in [6, 6.07) is 10.5. The van der Waals surface area contributed by atoms with Crippen molar-refractivity contribution in [3.8, 4) is 0 Å². The van der Waals surface area contributed by atoms with Crippen LogP contribution in [0.4, 0.5) is 5.69 Å². The molecule has 0 aliphatic rings. The highest BCUT2D eigenvalue weighted by Gasteiger charge is 2.14. The molecule has 0 aliphatic heterocycles. The third-order valence-corrected chi connectivity index (χ3v) is 3.59. The van der Waals surface area contributed by atoms with Crippen LogP contribution < -0.4 is 0 Å². The standard InChI is InChI=1S/C13H12N2O3S/c16-8-10-3-5-11(6-4-10)9-19-13-12(15(17)18)2-1-7-14-13/h1-7,16H,8-9H2. The molecule has 0 atom stereocenters. The second kappa shape index (κ2) is 6.31. The fourth-order valence-corrected chi connectivity index (χ4v) is 2.45. The number of hydrogen-bond acceptors (Lipinski definition) is 5. The molecule has 0 aliphatic carbocycles. The van der Waals surface area contributed by atoms with Gasteiger partial charge in [0.1, 0.15) is 0 Å². The molecule has 1 aromatic carbocycles. The van der Waals surface area contributed by atoms with Crippen molar-refractivity contribution >= 4 is 17.4 Å². The van der Waals surface area contributed by atoms with Gasteiger partial charge in [0.05, 0.1) is 11.5 Å². The van der Waals surface area contributed by atoms with Gasteiger partial charge < -0.3 is 5.11 Å². The van der Waals surface area contributed by atoms with Crippen LogP contribution in [0, 0.1) is 10.1 Å². The van der Waals surface area contributed by atoms with Crippen LogP contribution >= 0.6 is 11.8 Å². The van der Waals surface area contributed by atoms with E-state index in [-0.39, 0.29) is 12.3 Å². The van der Waals surface area contributed by atoms with Gasteiger partial charge in [0.25, 0.3) is 0 Å². The van der Waals surface area contributed by atoms with Gasteiger partial charge in [-0.2, -0.15) is 0 Å². The van der Waals surface area contributed by atoms with Crippen LogP contribution in [-0.2, 0) is 12.4 Å². The Labute approximate surface area is 114 Å². The zero-order chi connectivity index (χ0) is 13.7. The molecule has 1 N–H and O–H groups in total. The minimum absolute atomic E-state index is 0.0130. The Morgan fingerprint density at radius 2 is 1.89 bits per heavy atom.